The van der Waals surface area contributed by atoms with Gasteiger partial charge in [-0.2, -0.15) is 0 Å². The average molecular weight is 682 g/mol. The van der Waals surface area contributed by atoms with E-state index in [0.717, 1.165) is 23.7 Å². The first kappa shape index (κ1) is 30.1. The van der Waals surface area contributed by atoms with E-state index < -0.39 is 0 Å². The quantitative estimate of drug-likeness (QED) is 0.179. The highest BCUT2D eigenvalue weighted by atomic mass is 15.1. The molecule has 1 spiro atoms. The Balaban J connectivity index is 1.12. The van der Waals surface area contributed by atoms with Crippen molar-refractivity contribution in [2.45, 2.75) is 50.4 Å². The molecular weight excluding hydrogens is 639 g/mol. The van der Waals surface area contributed by atoms with Crippen LogP contribution in [0.5, 0.6) is 0 Å². The van der Waals surface area contributed by atoms with E-state index in [0.29, 0.717) is 0 Å². The third kappa shape index (κ3) is 3.93. The van der Waals surface area contributed by atoms with Crippen LogP contribution in [0.1, 0.15) is 61.8 Å². The standard InChI is InChI=1S/C52H43N/c1-51(2)44-16-9-8-15-41(44)50-47(51)17-10-18-49(50)53(39-21-19-34-13-6-7-14-35(34)29-39)40-22-24-46-43(31-40)42-30-36(33-11-4-3-5-12-33)20-23-45(42)52(46)38-26-32-25-37(28-38)48(52)27-32/h3-24,29-32,37-38,48H,25-28H2,1-2H3. The van der Waals surface area contributed by atoms with Gasteiger partial charge in [0.2, 0.25) is 0 Å². The molecule has 6 aliphatic carbocycles. The van der Waals surface area contributed by atoms with Crippen LogP contribution in [0.4, 0.5) is 17.1 Å². The zero-order valence-electron chi connectivity index (χ0n) is 30.5. The molecular formula is C52H43N. The van der Waals surface area contributed by atoms with Crippen LogP contribution < -0.4 is 4.90 Å². The fourth-order valence-corrected chi connectivity index (χ4v) is 12.6. The molecule has 0 aliphatic heterocycles. The molecule has 5 unspecified atom stereocenters. The van der Waals surface area contributed by atoms with Gasteiger partial charge in [-0.3, -0.25) is 0 Å². The van der Waals surface area contributed by atoms with Gasteiger partial charge in [0.1, 0.15) is 0 Å². The van der Waals surface area contributed by atoms with Gasteiger partial charge >= 0.3 is 0 Å². The minimum Gasteiger partial charge on any atom is -0.310 e. The van der Waals surface area contributed by atoms with E-state index in [9.17, 15) is 0 Å². The molecule has 0 aromatic heterocycles. The summed E-state index contributed by atoms with van der Waals surface area (Å²) in [6.45, 7) is 4.78. The summed E-state index contributed by atoms with van der Waals surface area (Å²) >= 11 is 0. The Hall–Kier alpha value is -5.40. The summed E-state index contributed by atoms with van der Waals surface area (Å²) in [5.74, 6) is 3.30. The summed E-state index contributed by atoms with van der Waals surface area (Å²) in [4.78, 5) is 2.57. The van der Waals surface area contributed by atoms with Crippen LogP contribution in [-0.2, 0) is 10.8 Å². The first-order valence-electron chi connectivity index (χ1n) is 19.9. The van der Waals surface area contributed by atoms with Crippen molar-refractivity contribution in [3.63, 3.8) is 0 Å². The van der Waals surface area contributed by atoms with Gasteiger partial charge in [-0.15, -0.1) is 0 Å². The summed E-state index contributed by atoms with van der Waals surface area (Å²) in [5.41, 5.74) is 18.0. The number of benzene rings is 7. The van der Waals surface area contributed by atoms with Crippen molar-refractivity contribution >= 4 is 27.8 Å². The van der Waals surface area contributed by atoms with E-state index in [1.54, 1.807) is 11.1 Å². The second-order valence-corrected chi connectivity index (χ2v) is 17.3. The Labute approximate surface area is 313 Å². The van der Waals surface area contributed by atoms with E-state index in [1.807, 2.05) is 0 Å². The van der Waals surface area contributed by atoms with Gasteiger partial charge in [0.05, 0.1) is 5.69 Å². The van der Waals surface area contributed by atoms with Crippen molar-refractivity contribution in [3.05, 3.63) is 174 Å². The van der Waals surface area contributed by atoms with Crippen LogP contribution in [0.3, 0.4) is 0 Å². The lowest BCUT2D eigenvalue weighted by atomic mass is 9.59. The second kappa shape index (κ2) is 10.6. The van der Waals surface area contributed by atoms with E-state index in [1.165, 1.54) is 98.0 Å². The summed E-state index contributed by atoms with van der Waals surface area (Å²) < 4.78 is 0. The Kier molecular flexibility index (Phi) is 6.02. The van der Waals surface area contributed by atoms with E-state index in [2.05, 4.69) is 170 Å². The smallest absolute Gasteiger partial charge is 0.0543 e. The maximum Gasteiger partial charge on any atom is 0.0543 e. The van der Waals surface area contributed by atoms with Gasteiger partial charge in [-0.1, -0.05) is 129 Å². The molecule has 5 atom stereocenters. The predicted octanol–water partition coefficient (Wildman–Crippen LogP) is 13.6. The lowest BCUT2D eigenvalue weighted by Crippen LogP contribution is -2.40. The summed E-state index contributed by atoms with van der Waals surface area (Å²) in [6.07, 6.45) is 5.64. The summed E-state index contributed by atoms with van der Waals surface area (Å²) in [6, 6.07) is 58.0. The number of hydrogen-bond donors (Lipinski definition) is 0. The van der Waals surface area contributed by atoms with Crippen LogP contribution >= 0.6 is 0 Å². The summed E-state index contributed by atoms with van der Waals surface area (Å²) in [5, 5.41) is 2.53. The van der Waals surface area contributed by atoms with Crippen LogP contribution in [-0.4, -0.2) is 0 Å². The largest absolute Gasteiger partial charge is 0.310 e. The van der Waals surface area contributed by atoms with Crippen molar-refractivity contribution in [2.24, 2.45) is 23.7 Å². The molecule has 1 nitrogen and oxygen atoms in total. The molecule has 4 bridgehead atoms. The van der Waals surface area contributed by atoms with Crippen LogP contribution in [0.2, 0.25) is 0 Å². The Morgan fingerprint density at radius 1 is 0.491 bits per heavy atom. The zero-order chi connectivity index (χ0) is 35.1. The highest BCUT2D eigenvalue weighted by molar-refractivity contribution is 5.98. The first-order valence-corrected chi connectivity index (χ1v) is 19.9. The molecule has 0 N–H and O–H groups in total. The molecule has 53 heavy (non-hydrogen) atoms. The average Bonchev–Trinajstić information content (AvgIpc) is 3.82. The number of anilines is 3. The van der Waals surface area contributed by atoms with Crippen molar-refractivity contribution in [3.8, 4) is 33.4 Å². The minimum atomic E-state index is -0.0744. The molecule has 0 heterocycles. The normalized spacial score (nSPS) is 24.7. The fourth-order valence-electron chi connectivity index (χ4n) is 12.6. The first-order chi connectivity index (χ1) is 26.0. The van der Waals surface area contributed by atoms with Gasteiger partial charge in [0.25, 0.3) is 0 Å². The van der Waals surface area contributed by atoms with Gasteiger partial charge in [0, 0.05) is 27.8 Å². The van der Waals surface area contributed by atoms with Crippen molar-refractivity contribution in [1.82, 2.24) is 0 Å². The van der Waals surface area contributed by atoms with Crippen LogP contribution in [0, 0.1) is 23.7 Å². The van der Waals surface area contributed by atoms with Gasteiger partial charge < -0.3 is 4.90 Å². The van der Waals surface area contributed by atoms with Crippen molar-refractivity contribution in [2.75, 3.05) is 4.90 Å². The van der Waals surface area contributed by atoms with E-state index in [-0.39, 0.29) is 10.8 Å². The minimum absolute atomic E-state index is 0.0744. The van der Waals surface area contributed by atoms with Gasteiger partial charge in [-0.25, -0.2) is 0 Å². The van der Waals surface area contributed by atoms with Gasteiger partial charge in [-0.05, 0) is 147 Å². The van der Waals surface area contributed by atoms with Gasteiger partial charge in [0.15, 0.2) is 0 Å². The zero-order valence-corrected chi connectivity index (χ0v) is 30.5. The highest BCUT2D eigenvalue weighted by Gasteiger charge is 2.66. The number of hydrogen-bond acceptors (Lipinski definition) is 1. The van der Waals surface area contributed by atoms with Crippen molar-refractivity contribution < 1.29 is 0 Å². The van der Waals surface area contributed by atoms with Crippen LogP contribution in [0.15, 0.2) is 152 Å². The van der Waals surface area contributed by atoms with Crippen LogP contribution in [0.25, 0.3) is 44.2 Å². The molecule has 7 aromatic rings. The molecule has 0 saturated heterocycles. The molecule has 4 saturated carbocycles. The third-order valence-corrected chi connectivity index (χ3v) is 14.6. The number of fused-ring (bicyclic) bond motifs is 7. The lowest BCUT2D eigenvalue weighted by molar-refractivity contribution is 0.191. The molecule has 7 aromatic carbocycles. The number of rotatable bonds is 4. The molecule has 6 aliphatic rings. The molecule has 1 heteroatoms. The molecule has 4 fully saturated rings. The Morgan fingerprint density at radius 3 is 2.08 bits per heavy atom. The predicted molar refractivity (Wildman–Crippen MR) is 220 cm³/mol. The molecule has 256 valence electrons. The molecule has 13 rings (SSSR count). The fraction of sp³-hybridized carbons (Fsp3) is 0.231. The topological polar surface area (TPSA) is 3.24 Å². The Morgan fingerprint density at radius 2 is 1.21 bits per heavy atom. The summed E-state index contributed by atoms with van der Waals surface area (Å²) in [7, 11) is 0. The third-order valence-electron chi connectivity index (χ3n) is 14.6. The SMILES string of the molecule is CC1(C)c2ccccc2-c2c(N(c3ccc4c(c3)-c3cc(-c5ccccc5)ccc3C43C4CC5CC(C4)C3C5)c3ccc4ccccc4c3)cccc21. The Bertz CT molecular complexity index is 2640. The van der Waals surface area contributed by atoms with Crippen molar-refractivity contribution in [1.29, 1.82) is 0 Å². The molecule has 0 radical (unpaired) electrons. The highest BCUT2D eigenvalue weighted by Crippen LogP contribution is 2.73. The van der Waals surface area contributed by atoms with E-state index in [4.69, 9.17) is 0 Å². The van der Waals surface area contributed by atoms with E-state index >= 15 is 0 Å². The maximum atomic E-state index is 2.58. The number of nitrogens with zero attached hydrogens (tertiary/aromatic N) is 1. The monoisotopic (exact) mass is 681 g/mol. The maximum absolute atomic E-state index is 2.58. The molecule has 0 amide bonds. The second-order valence-electron chi connectivity index (χ2n) is 17.3. The lowest BCUT2D eigenvalue weighted by Gasteiger charge is -2.44.